The number of aryl methyl sites for hydroxylation is 2. The molecule has 1 aliphatic heterocycles. The Hall–Kier alpha value is -4.17. The summed E-state index contributed by atoms with van der Waals surface area (Å²) in [5, 5.41) is 6.12. The first-order chi connectivity index (χ1) is 17.3. The van der Waals surface area contributed by atoms with E-state index in [1.54, 1.807) is 73.0 Å². The molecule has 1 amide bonds. The van der Waals surface area contributed by atoms with Crippen molar-refractivity contribution in [2.45, 2.75) is 31.2 Å². The van der Waals surface area contributed by atoms with Gasteiger partial charge in [-0.05, 0) is 67.9 Å². The molecule has 5 rings (SSSR count). The van der Waals surface area contributed by atoms with Crippen molar-refractivity contribution < 1.29 is 17.6 Å². The van der Waals surface area contributed by atoms with Crippen molar-refractivity contribution in [1.82, 2.24) is 5.01 Å². The number of anilines is 1. The summed E-state index contributed by atoms with van der Waals surface area (Å²) in [6.45, 7) is 3.87. The number of rotatable bonds is 6. The Bertz CT molecular complexity index is 1510. The van der Waals surface area contributed by atoms with Crippen LogP contribution in [0.4, 0.5) is 5.69 Å². The third kappa shape index (κ3) is 4.81. The van der Waals surface area contributed by atoms with Crippen molar-refractivity contribution in [3.63, 3.8) is 0 Å². The van der Waals surface area contributed by atoms with Gasteiger partial charge in [-0.2, -0.15) is 5.10 Å². The van der Waals surface area contributed by atoms with Crippen LogP contribution in [0.1, 0.15) is 45.3 Å². The van der Waals surface area contributed by atoms with Gasteiger partial charge >= 0.3 is 0 Å². The lowest BCUT2D eigenvalue weighted by molar-refractivity contribution is 0.0693. The molecule has 2 heterocycles. The first kappa shape index (κ1) is 23.6. The highest BCUT2D eigenvalue weighted by Gasteiger charge is 2.35. The smallest absolute Gasteiger partial charge is 0.274 e. The van der Waals surface area contributed by atoms with E-state index in [0.717, 1.165) is 16.7 Å². The molecule has 1 aromatic heterocycles. The normalized spacial score (nSPS) is 15.6. The number of nitrogens with zero attached hydrogens (tertiary/aromatic N) is 2. The van der Waals surface area contributed by atoms with Gasteiger partial charge in [0, 0.05) is 17.7 Å². The van der Waals surface area contributed by atoms with Crippen LogP contribution in [0.25, 0.3) is 0 Å². The van der Waals surface area contributed by atoms with E-state index >= 15 is 0 Å². The van der Waals surface area contributed by atoms with Crippen LogP contribution in [0.3, 0.4) is 0 Å². The largest absolute Gasteiger partial charge is 0.467 e. The molecular weight excluding hydrogens is 474 g/mol. The average Bonchev–Trinajstić information content (AvgIpc) is 3.55. The Morgan fingerprint density at radius 3 is 2.17 bits per heavy atom. The van der Waals surface area contributed by atoms with E-state index in [0.29, 0.717) is 29.1 Å². The van der Waals surface area contributed by atoms with Crippen molar-refractivity contribution in [3.8, 4) is 0 Å². The van der Waals surface area contributed by atoms with E-state index in [2.05, 4.69) is 9.82 Å². The number of amides is 1. The van der Waals surface area contributed by atoms with E-state index in [1.807, 2.05) is 32.0 Å². The third-order valence-corrected chi connectivity index (χ3v) is 7.49. The lowest BCUT2D eigenvalue weighted by atomic mass is 10.0. The summed E-state index contributed by atoms with van der Waals surface area (Å²) in [5.41, 5.74) is 4.54. The average molecular weight is 500 g/mol. The highest BCUT2D eigenvalue weighted by atomic mass is 32.2. The molecule has 1 aliphatic rings. The van der Waals surface area contributed by atoms with Crippen LogP contribution in [-0.2, 0) is 10.0 Å². The number of hydrazone groups is 1. The standard InChI is InChI=1S/C28H25N3O4S/c1-19-5-9-22(10-6-19)28(32)31-26(27-4-3-17-35-27)18-25(29-31)21-11-13-23(14-12-21)30-36(33,34)24-15-7-20(2)8-16-24/h3-17,26,30H,18H2,1-2H3. The molecule has 36 heavy (non-hydrogen) atoms. The quantitative estimate of drug-likeness (QED) is 0.369. The van der Waals surface area contributed by atoms with Crippen molar-refractivity contribution in [2.24, 2.45) is 5.10 Å². The molecule has 8 heteroatoms. The predicted molar refractivity (Wildman–Crippen MR) is 138 cm³/mol. The van der Waals surface area contributed by atoms with Crippen LogP contribution in [0.5, 0.6) is 0 Å². The van der Waals surface area contributed by atoms with Gasteiger partial charge in [0.25, 0.3) is 15.9 Å². The summed E-state index contributed by atoms with van der Waals surface area (Å²) in [6, 6.07) is 24.3. The van der Waals surface area contributed by atoms with Gasteiger partial charge in [-0.3, -0.25) is 9.52 Å². The molecule has 0 saturated heterocycles. The third-order valence-electron chi connectivity index (χ3n) is 6.09. The van der Waals surface area contributed by atoms with Gasteiger partial charge in [-0.25, -0.2) is 13.4 Å². The van der Waals surface area contributed by atoms with Crippen molar-refractivity contribution in [1.29, 1.82) is 0 Å². The van der Waals surface area contributed by atoms with Crippen molar-refractivity contribution in [2.75, 3.05) is 4.72 Å². The molecule has 0 radical (unpaired) electrons. The summed E-state index contributed by atoms with van der Waals surface area (Å²) in [5.74, 6) is 0.436. The topological polar surface area (TPSA) is 92.0 Å². The maximum absolute atomic E-state index is 13.3. The van der Waals surface area contributed by atoms with Crippen molar-refractivity contribution in [3.05, 3.63) is 119 Å². The minimum atomic E-state index is -3.70. The summed E-state index contributed by atoms with van der Waals surface area (Å²) < 4.78 is 33.7. The number of carbonyl (C=O) groups is 1. The molecule has 1 N–H and O–H groups in total. The fourth-order valence-electron chi connectivity index (χ4n) is 4.07. The Morgan fingerprint density at radius 1 is 0.917 bits per heavy atom. The number of hydrogen-bond donors (Lipinski definition) is 1. The van der Waals surface area contributed by atoms with Gasteiger partial charge < -0.3 is 4.42 Å². The summed E-state index contributed by atoms with van der Waals surface area (Å²) in [4.78, 5) is 13.5. The maximum atomic E-state index is 13.3. The zero-order chi connectivity index (χ0) is 25.3. The molecule has 1 unspecified atom stereocenters. The van der Waals surface area contributed by atoms with Gasteiger partial charge in [-0.15, -0.1) is 0 Å². The number of nitrogens with one attached hydrogen (secondary N) is 1. The van der Waals surface area contributed by atoms with Gasteiger partial charge in [0.05, 0.1) is 16.9 Å². The van der Waals surface area contributed by atoms with E-state index in [-0.39, 0.29) is 16.8 Å². The molecule has 7 nitrogen and oxygen atoms in total. The van der Waals surface area contributed by atoms with Gasteiger partial charge in [-0.1, -0.05) is 47.5 Å². The summed E-state index contributed by atoms with van der Waals surface area (Å²) in [6.07, 6.45) is 2.05. The van der Waals surface area contributed by atoms with Gasteiger partial charge in [0.2, 0.25) is 0 Å². The Balaban J connectivity index is 1.39. The molecule has 4 aromatic rings. The van der Waals surface area contributed by atoms with Crippen LogP contribution >= 0.6 is 0 Å². The molecule has 0 saturated carbocycles. The lowest BCUT2D eigenvalue weighted by Gasteiger charge is -2.20. The fourth-order valence-corrected chi connectivity index (χ4v) is 5.12. The molecule has 182 valence electrons. The second kappa shape index (κ2) is 9.47. The summed E-state index contributed by atoms with van der Waals surface area (Å²) in [7, 11) is -3.70. The zero-order valence-corrected chi connectivity index (χ0v) is 20.7. The highest BCUT2D eigenvalue weighted by Crippen LogP contribution is 2.34. The second-order valence-electron chi connectivity index (χ2n) is 8.79. The minimum absolute atomic E-state index is 0.198. The Kier molecular flexibility index (Phi) is 6.20. The summed E-state index contributed by atoms with van der Waals surface area (Å²) >= 11 is 0. The van der Waals surface area contributed by atoms with Crippen LogP contribution in [0, 0.1) is 13.8 Å². The van der Waals surface area contributed by atoms with Crippen molar-refractivity contribution >= 4 is 27.3 Å². The van der Waals surface area contributed by atoms with Gasteiger partial charge in [0.1, 0.15) is 11.8 Å². The molecule has 0 spiro atoms. The van der Waals surface area contributed by atoms with E-state index in [4.69, 9.17) is 4.42 Å². The molecule has 0 fully saturated rings. The zero-order valence-electron chi connectivity index (χ0n) is 19.9. The molecule has 1 atom stereocenters. The minimum Gasteiger partial charge on any atom is -0.467 e. The van der Waals surface area contributed by atoms with Crippen LogP contribution in [-0.4, -0.2) is 25.0 Å². The van der Waals surface area contributed by atoms with E-state index in [1.165, 1.54) is 5.01 Å². The Labute approximate surface area is 210 Å². The number of carbonyl (C=O) groups excluding carboxylic acids is 1. The number of benzene rings is 3. The second-order valence-corrected chi connectivity index (χ2v) is 10.5. The SMILES string of the molecule is Cc1ccc(C(=O)N2N=C(c3ccc(NS(=O)(=O)c4ccc(C)cc4)cc3)CC2c2ccco2)cc1. The molecule has 3 aromatic carbocycles. The first-order valence-corrected chi connectivity index (χ1v) is 13.0. The van der Waals surface area contributed by atoms with Crippen LogP contribution in [0.2, 0.25) is 0 Å². The number of hydrogen-bond acceptors (Lipinski definition) is 5. The lowest BCUT2D eigenvalue weighted by Crippen LogP contribution is -2.26. The monoisotopic (exact) mass is 499 g/mol. The van der Waals surface area contributed by atoms with Crippen LogP contribution < -0.4 is 4.72 Å². The fraction of sp³-hybridized carbons (Fsp3) is 0.143. The van der Waals surface area contributed by atoms with E-state index < -0.39 is 10.0 Å². The Morgan fingerprint density at radius 2 is 1.56 bits per heavy atom. The highest BCUT2D eigenvalue weighted by molar-refractivity contribution is 7.92. The van der Waals surface area contributed by atoms with E-state index in [9.17, 15) is 13.2 Å². The molecular formula is C28H25N3O4S. The maximum Gasteiger partial charge on any atom is 0.274 e. The van der Waals surface area contributed by atoms with Gasteiger partial charge in [0.15, 0.2) is 0 Å². The first-order valence-electron chi connectivity index (χ1n) is 11.5. The van der Waals surface area contributed by atoms with Crippen LogP contribution in [0.15, 0.2) is 106 Å². The number of furan rings is 1. The number of sulfonamides is 1. The predicted octanol–water partition coefficient (Wildman–Crippen LogP) is 5.69. The molecule has 0 aliphatic carbocycles. The molecule has 0 bridgehead atoms.